The molecule has 0 amide bonds. The van der Waals surface area contributed by atoms with Crippen LogP contribution < -0.4 is 10.5 Å². The van der Waals surface area contributed by atoms with Crippen LogP contribution in [0.4, 0.5) is 5.82 Å². The van der Waals surface area contributed by atoms with Crippen molar-refractivity contribution in [1.29, 1.82) is 0 Å². The number of nitrogens with two attached hydrogens (primary N) is 1. The number of nitrogens with zero attached hydrogens (tertiary/aromatic N) is 2. The average Bonchev–Trinajstić information content (AvgIpc) is 2.38. The van der Waals surface area contributed by atoms with Crippen LogP contribution in [0.15, 0.2) is 41.7 Å². The molecule has 0 aliphatic carbocycles. The van der Waals surface area contributed by atoms with Crippen molar-refractivity contribution in [2.75, 3.05) is 4.72 Å². The number of hydrogen-bond acceptors (Lipinski definition) is 5. The Kier molecular flexibility index (Phi) is 4.17. The molecule has 104 valence electrons. The van der Waals surface area contributed by atoms with E-state index in [0.29, 0.717) is 5.56 Å². The number of thiocarbonyl (C=S) groups is 1. The summed E-state index contributed by atoms with van der Waals surface area (Å²) in [6.45, 7) is 0. The average molecular weight is 329 g/mol. The summed E-state index contributed by atoms with van der Waals surface area (Å²) in [5.41, 5.74) is 5.88. The van der Waals surface area contributed by atoms with Gasteiger partial charge in [-0.3, -0.25) is 9.71 Å². The lowest BCUT2D eigenvalue weighted by molar-refractivity contribution is 0.601. The van der Waals surface area contributed by atoms with Crippen molar-refractivity contribution in [3.63, 3.8) is 0 Å². The van der Waals surface area contributed by atoms with E-state index in [4.69, 9.17) is 29.6 Å². The Labute approximate surface area is 126 Å². The van der Waals surface area contributed by atoms with Gasteiger partial charge in [0.1, 0.15) is 4.99 Å². The van der Waals surface area contributed by atoms with Crippen LogP contribution in [0.1, 0.15) is 5.56 Å². The predicted molar refractivity (Wildman–Crippen MR) is 80.2 cm³/mol. The van der Waals surface area contributed by atoms with E-state index in [1.807, 2.05) is 0 Å². The van der Waals surface area contributed by atoms with Crippen LogP contribution in [0, 0.1) is 0 Å². The first-order valence-electron chi connectivity index (χ1n) is 5.28. The Morgan fingerprint density at radius 1 is 1.35 bits per heavy atom. The molecule has 1 aromatic carbocycles. The van der Waals surface area contributed by atoms with E-state index in [1.165, 1.54) is 36.8 Å². The van der Waals surface area contributed by atoms with E-state index in [0.717, 1.165) is 0 Å². The predicted octanol–water partition coefficient (Wildman–Crippen LogP) is 1.57. The molecule has 0 spiro atoms. The number of aromatic nitrogens is 2. The third-order valence-corrected chi connectivity index (χ3v) is 4.20. The number of halogens is 1. The molecule has 0 saturated carbocycles. The van der Waals surface area contributed by atoms with Crippen LogP contribution in [-0.4, -0.2) is 23.4 Å². The van der Waals surface area contributed by atoms with E-state index in [1.54, 1.807) is 0 Å². The fourth-order valence-electron chi connectivity index (χ4n) is 1.41. The van der Waals surface area contributed by atoms with Crippen molar-refractivity contribution in [2.24, 2.45) is 5.73 Å². The molecule has 6 nitrogen and oxygen atoms in total. The minimum Gasteiger partial charge on any atom is -0.389 e. The lowest BCUT2D eigenvalue weighted by atomic mass is 10.2. The third kappa shape index (κ3) is 3.21. The Bertz CT molecular complexity index is 750. The van der Waals surface area contributed by atoms with E-state index in [-0.39, 0.29) is 20.7 Å². The lowest BCUT2D eigenvalue weighted by Gasteiger charge is -2.08. The molecular formula is C11H9ClN4O2S2. The third-order valence-electron chi connectivity index (χ3n) is 2.32. The van der Waals surface area contributed by atoms with Crippen LogP contribution in [0.25, 0.3) is 0 Å². The monoisotopic (exact) mass is 328 g/mol. The number of anilines is 1. The summed E-state index contributed by atoms with van der Waals surface area (Å²) in [5.74, 6) is 0.113. The quantitative estimate of drug-likeness (QED) is 0.827. The van der Waals surface area contributed by atoms with Gasteiger partial charge in [0.2, 0.25) is 0 Å². The SMILES string of the molecule is NC(=S)c1ccc(S(=O)(=O)Nc2cnccn2)cc1Cl. The van der Waals surface area contributed by atoms with Crippen LogP contribution in [0.3, 0.4) is 0 Å². The van der Waals surface area contributed by atoms with E-state index in [2.05, 4.69) is 14.7 Å². The Hall–Kier alpha value is -1.77. The van der Waals surface area contributed by atoms with Crippen LogP contribution in [0.2, 0.25) is 5.02 Å². The first kappa shape index (κ1) is 14.6. The smallest absolute Gasteiger partial charge is 0.263 e. The second kappa shape index (κ2) is 5.70. The molecule has 0 atom stereocenters. The minimum atomic E-state index is -3.80. The molecule has 9 heteroatoms. The zero-order chi connectivity index (χ0) is 14.8. The normalized spacial score (nSPS) is 11.1. The second-order valence-electron chi connectivity index (χ2n) is 3.70. The van der Waals surface area contributed by atoms with E-state index in [9.17, 15) is 8.42 Å². The number of rotatable bonds is 4. The van der Waals surface area contributed by atoms with Gasteiger partial charge in [0.25, 0.3) is 10.0 Å². The number of hydrogen-bond donors (Lipinski definition) is 2. The van der Waals surface area contributed by atoms with Crippen molar-refractivity contribution in [3.8, 4) is 0 Å². The van der Waals surface area contributed by atoms with Gasteiger partial charge in [-0.2, -0.15) is 0 Å². The maximum absolute atomic E-state index is 12.1. The molecular weight excluding hydrogens is 320 g/mol. The van der Waals surface area contributed by atoms with Crippen molar-refractivity contribution < 1.29 is 8.42 Å². The molecule has 2 rings (SSSR count). The molecule has 1 heterocycles. The van der Waals surface area contributed by atoms with Gasteiger partial charge in [-0.1, -0.05) is 23.8 Å². The van der Waals surface area contributed by atoms with Gasteiger partial charge in [0.05, 0.1) is 16.1 Å². The zero-order valence-electron chi connectivity index (χ0n) is 9.95. The molecule has 0 bridgehead atoms. The summed E-state index contributed by atoms with van der Waals surface area (Å²) < 4.78 is 26.6. The van der Waals surface area contributed by atoms with Crippen molar-refractivity contribution >= 4 is 44.6 Å². The maximum Gasteiger partial charge on any atom is 0.263 e. The van der Waals surface area contributed by atoms with Crippen molar-refractivity contribution in [2.45, 2.75) is 4.90 Å². The van der Waals surface area contributed by atoms with Crippen LogP contribution in [-0.2, 0) is 10.0 Å². The highest BCUT2D eigenvalue weighted by Crippen LogP contribution is 2.22. The number of nitrogens with one attached hydrogen (secondary N) is 1. The largest absolute Gasteiger partial charge is 0.389 e. The molecule has 20 heavy (non-hydrogen) atoms. The fraction of sp³-hybridized carbons (Fsp3) is 0. The highest BCUT2D eigenvalue weighted by molar-refractivity contribution is 7.92. The summed E-state index contributed by atoms with van der Waals surface area (Å²) in [6.07, 6.45) is 4.11. The number of sulfonamides is 1. The van der Waals surface area contributed by atoms with Crippen LogP contribution >= 0.6 is 23.8 Å². The van der Waals surface area contributed by atoms with Gasteiger partial charge in [0.15, 0.2) is 5.82 Å². The Morgan fingerprint density at radius 3 is 2.65 bits per heavy atom. The lowest BCUT2D eigenvalue weighted by Crippen LogP contribution is -2.15. The zero-order valence-corrected chi connectivity index (χ0v) is 12.3. The highest BCUT2D eigenvalue weighted by atomic mass is 35.5. The van der Waals surface area contributed by atoms with Gasteiger partial charge in [-0.05, 0) is 18.2 Å². The molecule has 2 aromatic rings. The number of benzene rings is 1. The molecule has 0 aliphatic heterocycles. The van der Waals surface area contributed by atoms with Gasteiger partial charge in [0, 0.05) is 18.0 Å². The van der Waals surface area contributed by atoms with E-state index >= 15 is 0 Å². The first-order chi connectivity index (χ1) is 9.40. The van der Waals surface area contributed by atoms with Crippen molar-refractivity contribution in [3.05, 3.63) is 47.4 Å². The minimum absolute atomic E-state index is 0.0202. The molecule has 0 aliphatic rings. The Morgan fingerprint density at radius 2 is 2.10 bits per heavy atom. The van der Waals surface area contributed by atoms with E-state index < -0.39 is 10.0 Å². The molecule has 3 N–H and O–H groups in total. The molecule has 0 radical (unpaired) electrons. The van der Waals surface area contributed by atoms with Gasteiger partial charge >= 0.3 is 0 Å². The fourth-order valence-corrected chi connectivity index (χ4v) is 3.01. The topological polar surface area (TPSA) is 98.0 Å². The van der Waals surface area contributed by atoms with Gasteiger partial charge < -0.3 is 5.73 Å². The molecule has 0 fully saturated rings. The maximum atomic E-state index is 12.1. The second-order valence-corrected chi connectivity index (χ2v) is 6.23. The molecule has 1 aromatic heterocycles. The van der Waals surface area contributed by atoms with Crippen molar-refractivity contribution in [1.82, 2.24) is 9.97 Å². The van der Waals surface area contributed by atoms with Gasteiger partial charge in [-0.25, -0.2) is 13.4 Å². The summed E-state index contributed by atoms with van der Waals surface area (Å²) in [6, 6.07) is 4.09. The standard InChI is InChI=1S/C11H9ClN4O2S2/c12-9-5-7(1-2-8(9)11(13)19)20(17,18)16-10-6-14-3-4-15-10/h1-6H,(H2,13,19)(H,15,16). The summed E-state index contributed by atoms with van der Waals surface area (Å²) >= 11 is 10.7. The van der Waals surface area contributed by atoms with Crippen LogP contribution in [0.5, 0.6) is 0 Å². The molecule has 0 saturated heterocycles. The summed E-state index contributed by atoms with van der Waals surface area (Å²) in [4.78, 5) is 7.68. The highest BCUT2D eigenvalue weighted by Gasteiger charge is 2.17. The Balaban J connectivity index is 2.35. The molecule has 0 unspecified atom stereocenters. The summed E-state index contributed by atoms with van der Waals surface area (Å²) in [7, 11) is -3.80. The van der Waals surface area contributed by atoms with Gasteiger partial charge in [-0.15, -0.1) is 0 Å². The summed E-state index contributed by atoms with van der Waals surface area (Å²) in [5, 5.41) is 0.166. The first-order valence-corrected chi connectivity index (χ1v) is 7.55.